The van der Waals surface area contributed by atoms with Crippen LogP contribution in [0.15, 0.2) is 33.9 Å². The summed E-state index contributed by atoms with van der Waals surface area (Å²) in [7, 11) is -2.61. The lowest BCUT2D eigenvalue weighted by Crippen LogP contribution is -2.16. The maximum Gasteiger partial charge on any atom is 0.340 e. The third-order valence-corrected chi connectivity index (χ3v) is 4.48. The SMILES string of the molecule is COc1ccc(NS(=O)(=O)c2[nH]ncc2C(=O)O)cc1Br. The minimum atomic E-state index is -4.09. The Balaban J connectivity index is 2.35. The molecule has 0 amide bonds. The van der Waals surface area contributed by atoms with Crippen LogP contribution < -0.4 is 9.46 Å². The first-order chi connectivity index (χ1) is 9.85. The van der Waals surface area contributed by atoms with Crippen molar-refractivity contribution in [2.75, 3.05) is 11.8 Å². The standard InChI is InChI=1S/C11H10BrN3O5S/c1-20-9-3-2-6(4-8(9)12)15-21(18,19)10-7(11(16)17)5-13-14-10/h2-5,15H,1H3,(H,13,14)(H,16,17). The van der Waals surface area contributed by atoms with Crippen molar-refractivity contribution in [1.29, 1.82) is 0 Å². The molecule has 1 aromatic carbocycles. The first-order valence-corrected chi connectivity index (χ1v) is 7.76. The van der Waals surface area contributed by atoms with Crippen LogP contribution in [0.25, 0.3) is 0 Å². The van der Waals surface area contributed by atoms with Gasteiger partial charge in [-0.25, -0.2) is 4.79 Å². The van der Waals surface area contributed by atoms with Crippen molar-refractivity contribution in [2.45, 2.75) is 5.03 Å². The number of carbonyl (C=O) groups is 1. The summed E-state index contributed by atoms with van der Waals surface area (Å²) >= 11 is 3.23. The molecule has 21 heavy (non-hydrogen) atoms. The molecule has 3 N–H and O–H groups in total. The van der Waals surface area contributed by atoms with E-state index in [9.17, 15) is 13.2 Å². The molecule has 0 bridgehead atoms. The van der Waals surface area contributed by atoms with Crippen LogP contribution >= 0.6 is 15.9 Å². The van der Waals surface area contributed by atoms with Crippen LogP contribution in [0.3, 0.4) is 0 Å². The quantitative estimate of drug-likeness (QED) is 0.730. The van der Waals surface area contributed by atoms with Gasteiger partial charge in [-0.1, -0.05) is 0 Å². The number of carboxylic acids is 1. The number of ether oxygens (including phenoxy) is 1. The molecule has 112 valence electrons. The number of nitrogens with one attached hydrogen (secondary N) is 2. The lowest BCUT2D eigenvalue weighted by atomic mass is 10.3. The van der Waals surface area contributed by atoms with Crippen LogP contribution in [0.5, 0.6) is 5.75 Å². The molecule has 10 heteroatoms. The summed E-state index contributed by atoms with van der Waals surface area (Å²) in [5.41, 5.74) is -0.191. The van der Waals surface area contributed by atoms with Crippen molar-refractivity contribution in [1.82, 2.24) is 10.2 Å². The number of benzene rings is 1. The molecule has 2 aromatic rings. The number of hydrogen-bond acceptors (Lipinski definition) is 5. The van der Waals surface area contributed by atoms with E-state index in [4.69, 9.17) is 9.84 Å². The predicted octanol–water partition coefficient (Wildman–Crippen LogP) is 1.68. The molecule has 0 atom stereocenters. The van der Waals surface area contributed by atoms with Gasteiger partial charge < -0.3 is 9.84 Å². The van der Waals surface area contributed by atoms with Gasteiger partial charge in [-0.3, -0.25) is 9.82 Å². The summed E-state index contributed by atoms with van der Waals surface area (Å²) < 4.78 is 32.2. The molecule has 0 spiro atoms. The number of H-pyrrole nitrogens is 1. The first kappa shape index (κ1) is 15.3. The Hall–Kier alpha value is -2.07. The molecular formula is C11H10BrN3O5S. The van der Waals surface area contributed by atoms with Crippen molar-refractivity contribution in [3.8, 4) is 5.75 Å². The number of nitrogens with zero attached hydrogens (tertiary/aromatic N) is 1. The van der Waals surface area contributed by atoms with Crippen molar-refractivity contribution in [3.05, 3.63) is 34.4 Å². The van der Waals surface area contributed by atoms with Crippen molar-refractivity contribution < 1.29 is 23.1 Å². The molecule has 0 saturated heterocycles. The molecule has 0 saturated carbocycles. The molecule has 0 aliphatic rings. The van der Waals surface area contributed by atoms with Gasteiger partial charge in [0, 0.05) is 0 Å². The molecule has 1 heterocycles. The lowest BCUT2D eigenvalue weighted by Gasteiger charge is -2.09. The Kier molecular flexibility index (Phi) is 4.19. The highest BCUT2D eigenvalue weighted by Crippen LogP contribution is 2.28. The summed E-state index contributed by atoms with van der Waals surface area (Å²) in [6.45, 7) is 0. The van der Waals surface area contributed by atoms with Crippen LogP contribution in [-0.4, -0.2) is 36.8 Å². The van der Waals surface area contributed by atoms with Gasteiger partial charge in [0.05, 0.1) is 23.5 Å². The van der Waals surface area contributed by atoms with E-state index in [1.54, 1.807) is 6.07 Å². The van der Waals surface area contributed by atoms with Gasteiger partial charge in [-0.15, -0.1) is 0 Å². The number of aromatic carboxylic acids is 1. The molecule has 0 aliphatic heterocycles. The summed E-state index contributed by atoms with van der Waals surface area (Å²) in [4.78, 5) is 10.9. The fourth-order valence-electron chi connectivity index (χ4n) is 1.57. The van der Waals surface area contributed by atoms with Gasteiger partial charge >= 0.3 is 5.97 Å². The smallest absolute Gasteiger partial charge is 0.340 e. The minimum absolute atomic E-state index is 0.244. The zero-order valence-corrected chi connectivity index (χ0v) is 13.0. The Labute approximate surface area is 128 Å². The second kappa shape index (κ2) is 5.74. The normalized spacial score (nSPS) is 11.1. The van der Waals surface area contributed by atoms with Gasteiger partial charge in [0.25, 0.3) is 10.0 Å². The number of hydrogen-bond donors (Lipinski definition) is 3. The highest BCUT2D eigenvalue weighted by atomic mass is 79.9. The highest BCUT2D eigenvalue weighted by molar-refractivity contribution is 9.10. The number of rotatable bonds is 5. The number of methoxy groups -OCH3 is 1. The molecule has 0 aliphatic carbocycles. The number of anilines is 1. The van der Waals surface area contributed by atoms with E-state index in [0.717, 1.165) is 6.20 Å². The minimum Gasteiger partial charge on any atom is -0.496 e. The molecule has 8 nitrogen and oxygen atoms in total. The van der Waals surface area contributed by atoms with E-state index in [1.165, 1.54) is 19.2 Å². The second-order valence-electron chi connectivity index (χ2n) is 3.87. The maximum absolute atomic E-state index is 12.2. The number of carboxylic acid groups (broad SMARTS) is 1. The molecule has 0 fully saturated rings. The van der Waals surface area contributed by atoms with E-state index in [1.807, 2.05) is 0 Å². The number of aromatic nitrogens is 2. The highest BCUT2D eigenvalue weighted by Gasteiger charge is 2.25. The van der Waals surface area contributed by atoms with Gasteiger partial charge in [0.2, 0.25) is 0 Å². The largest absolute Gasteiger partial charge is 0.496 e. The Morgan fingerprint density at radius 3 is 2.76 bits per heavy atom. The first-order valence-electron chi connectivity index (χ1n) is 5.48. The van der Waals surface area contributed by atoms with Crippen molar-refractivity contribution >= 4 is 37.6 Å². The predicted molar refractivity (Wildman–Crippen MR) is 77.0 cm³/mol. The van der Waals surface area contributed by atoms with Crippen molar-refractivity contribution in [2.24, 2.45) is 0 Å². The van der Waals surface area contributed by atoms with Crippen LogP contribution in [0, 0.1) is 0 Å². The Morgan fingerprint density at radius 2 is 2.19 bits per heavy atom. The number of halogens is 1. The van der Waals surface area contributed by atoms with E-state index in [0.29, 0.717) is 10.2 Å². The van der Waals surface area contributed by atoms with E-state index < -0.39 is 26.6 Å². The Morgan fingerprint density at radius 1 is 1.48 bits per heavy atom. The van der Waals surface area contributed by atoms with Gasteiger partial charge in [-0.05, 0) is 34.1 Å². The van der Waals surface area contributed by atoms with Gasteiger partial charge in [0.1, 0.15) is 11.3 Å². The average Bonchev–Trinajstić information content (AvgIpc) is 2.88. The monoisotopic (exact) mass is 375 g/mol. The molecular weight excluding hydrogens is 366 g/mol. The van der Waals surface area contributed by atoms with Crippen molar-refractivity contribution in [3.63, 3.8) is 0 Å². The van der Waals surface area contributed by atoms with E-state index in [2.05, 4.69) is 30.8 Å². The van der Waals surface area contributed by atoms with Gasteiger partial charge in [-0.2, -0.15) is 13.5 Å². The Bertz CT molecular complexity index is 787. The third-order valence-electron chi connectivity index (χ3n) is 2.51. The average molecular weight is 376 g/mol. The summed E-state index contributed by atoms with van der Waals surface area (Å²) in [6.07, 6.45) is 0.931. The fourth-order valence-corrected chi connectivity index (χ4v) is 3.25. The molecule has 0 radical (unpaired) electrons. The van der Waals surface area contributed by atoms with Crippen LogP contribution in [-0.2, 0) is 10.0 Å². The summed E-state index contributed by atoms with van der Waals surface area (Å²) in [6, 6.07) is 4.54. The van der Waals surface area contributed by atoms with E-state index >= 15 is 0 Å². The summed E-state index contributed by atoms with van der Waals surface area (Å²) in [5, 5.41) is 14.0. The summed E-state index contributed by atoms with van der Waals surface area (Å²) in [5.74, 6) is -0.856. The topological polar surface area (TPSA) is 121 Å². The zero-order valence-electron chi connectivity index (χ0n) is 10.6. The zero-order chi connectivity index (χ0) is 15.6. The molecule has 1 aromatic heterocycles. The van der Waals surface area contributed by atoms with Crippen LogP contribution in [0.2, 0.25) is 0 Å². The second-order valence-corrected chi connectivity index (χ2v) is 6.35. The van der Waals surface area contributed by atoms with Gasteiger partial charge in [0.15, 0.2) is 5.03 Å². The maximum atomic E-state index is 12.2. The third kappa shape index (κ3) is 3.16. The molecule has 2 rings (SSSR count). The number of aromatic amines is 1. The number of sulfonamides is 1. The van der Waals surface area contributed by atoms with E-state index in [-0.39, 0.29) is 5.69 Å². The lowest BCUT2D eigenvalue weighted by molar-refractivity contribution is 0.0692. The van der Waals surface area contributed by atoms with Crippen LogP contribution in [0.4, 0.5) is 5.69 Å². The fraction of sp³-hybridized carbons (Fsp3) is 0.0909. The van der Waals surface area contributed by atoms with Crippen LogP contribution in [0.1, 0.15) is 10.4 Å². The molecule has 0 unspecified atom stereocenters.